The smallest absolute Gasteiger partial charge is 0.122 e. The van der Waals surface area contributed by atoms with Gasteiger partial charge in [-0.1, -0.05) is 0 Å². The van der Waals surface area contributed by atoms with Crippen LogP contribution in [0.3, 0.4) is 0 Å². The molecule has 0 bridgehead atoms. The average molecular weight is 203 g/mol. The van der Waals surface area contributed by atoms with Crippen molar-refractivity contribution in [3.8, 4) is 0 Å². The molecule has 2 aromatic rings. The molecule has 2 N–H and O–H groups in total. The number of hydrogen-bond donors (Lipinski definition) is 1. The van der Waals surface area contributed by atoms with E-state index in [1.807, 2.05) is 29.7 Å². The monoisotopic (exact) mass is 203 g/mol. The van der Waals surface area contributed by atoms with Gasteiger partial charge in [-0.2, -0.15) is 0 Å². The van der Waals surface area contributed by atoms with Crippen molar-refractivity contribution < 1.29 is 4.79 Å². The Bertz CT molecular complexity index is 490. The number of carbonyl (C=O) groups excluding carboxylic acids is 1. The summed E-state index contributed by atoms with van der Waals surface area (Å²) in [7, 11) is 0. The molecule has 1 heterocycles. The van der Waals surface area contributed by atoms with Crippen LogP contribution in [0.2, 0.25) is 0 Å². The van der Waals surface area contributed by atoms with Crippen molar-refractivity contribution >= 4 is 23.0 Å². The van der Waals surface area contributed by atoms with Crippen LogP contribution in [-0.4, -0.2) is 15.8 Å². The van der Waals surface area contributed by atoms with Crippen LogP contribution < -0.4 is 5.73 Å². The third kappa shape index (κ3) is 1.70. The molecule has 1 aromatic carbocycles. The molecule has 2 rings (SSSR count). The molecule has 1 atom stereocenters. The van der Waals surface area contributed by atoms with Gasteiger partial charge in [-0.05, 0) is 25.1 Å². The number of hydrogen-bond acceptors (Lipinski definition) is 3. The number of nitrogens with two attached hydrogens (primary N) is 1. The van der Waals surface area contributed by atoms with Crippen molar-refractivity contribution in [3.05, 3.63) is 24.5 Å². The highest BCUT2D eigenvalue weighted by Gasteiger charge is 2.08. The Morgan fingerprint density at radius 1 is 1.60 bits per heavy atom. The number of aromatic nitrogens is 2. The van der Waals surface area contributed by atoms with E-state index < -0.39 is 0 Å². The number of nitrogens with zero attached hydrogens (tertiary/aromatic N) is 2. The second kappa shape index (κ2) is 3.73. The number of fused-ring (bicyclic) bond motifs is 1. The molecule has 0 saturated carbocycles. The summed E-state index contributed by atoms with van der Waals surface area (Å²) in [4.78, 5) is 14.7. The highest BCUT2D eigenvalue weighted by molar-refractivity contribution is 5.79. The summed E-state index contributed by atoms with van der Waals surface area (Å²) in [5, 5.41) is 0. The molecule has 1 aromatic heterocycles. The molecule has 0 aliphatic rings. The van der Waals surface area contributed by atoms with Gasteiger partial charge in [0.05, 0.1) is 17.4 Å². The van der Waals surface area contributed by atoms with Gasteiger partial charge in [-0.25, -0.2) is 4.98 Å². The summed E-state index contributed by atoms with van der Waals surface area (Å²) >= 11 is 0. The first-order valence-corrected chi connectivity index (χ1v) is 4.88. The van der Waals surface area contributed by atoms with E-state index in [1.54, 1.807) is 6.33 Å². The van der Waals surface area contributed by atoms with E-state index in [4.69, 9.17) is 5.73 Å². The van der Waals surface area contributed by atoms with Crippen LogP contribution in [0.15, 0.2) is 24.5 Å². The predicted octanol–water partition coefficient (Wildman–Crippen LogP) is 1.77. The largest absolute Gasteiger partial charge is 0.399 e. The molecule has 15 heavy (non-hydrogen) atoms. The lowest BCUT2D eigenvalue weighted by molar-refractivity contribution is -0.108. The standard InChI is InChI=1S/C11H13N3O/c1-8(4-5-15)14-7-13-10-3-2-9(12)6-11(10)14/h2-3,5-8H,4,12H2,1H3. The first-order chi connectivity index (χ1) is 7.22. The maximum atomic E-state index is 10.5. The Balaban J connectivity index is 2.51. The Hall–Kier alpha value is -1.84. The lowest BCUT2D eigenvalue weighted by Gasteiger charge is -2.10. The van der Waals surface area contributed by atoms with E-state index in [2.05, 4.69) is 4.98 Å². The summed E-state index contributed by atoms with van der Waals surface area (Å²) in [6.07, 6.45) is 3.15. The number of aldehydes is 1. The fourth-order valence-electron chi connectivity index (χ4n) is 1.65. The fourth-order valence-corrected chi connectivity index (χ4v) is 1.65. The molecular weight excluding hydrogens is 190 g/mol. The Morgan fingerprint density at radius 3 is 3.13 bits per heavy atom. The van der Waals surface area contributed by atoms with Gasteiger partial charge >= 0.3 is 0 Å². The molecule has 0 radical (unpaired) electrons. The molecule has 4 heteroatoms. The average Bonchev–Trinajstić information content (AvgIpc) is 2.60. The minimum Gasteiger partial charge on any atom is -0.399 e. The van der Waals surface area contributed by atoms with Gasteiger partial charge in [0, 0.05) is 18.2 Å². The molecule has 0 aliphatic carbocycles. The van der Waals surface area contributed by atoms with Crippen molar-refractivity contribution in [3.63, 3.8) is 0 Å². The zero-order valence-electron chi connectivity index (χ0n) is 8.55. The SMILES string of the molecule is CC(CC=O)n1cnc2ccc(N)cc21. The zero-order chi connectivity index (χ0) is 10.8. The van der Waals surface area contributed by atoms with Crippen LogP contribution in [0.4, 0.5) is 5.69 Å². The fraction of sp³-hybridized carbons (Fsp3) is 0.273. The van der Waals surface area contributed by atoms with Crippen molar-refractivity contribution in [1.29, 1.82) is 0 Å². The predicted molar refractivity (Wildman–Crippen MR) is 59.5 cm³/mol. The number of imidazole rings is 1. The van der Waals surface area contributed by atoms with E-state index in [9.17, 15) is 4.79 Å². The summed E-state index contributed by atoms with van der Waals surface area (Å²) in [5.74, 6) is 0. The normalized spacial score (nSPS) is 12.9. The third-order valence-electron chi connectivity index (χ3n) is 2.51. The molecule has 1 unspecified atom stereocenters. The minimum atomic E-state index is 0.120. The van der Waals surface area contributed by atoms with Gasteiger partial charge in [0.1, 0.15) is 6.29 Å². The molecule has 0 spiro atoms. The van der Waals surface area contributed by atoms with Gasteiger partial charge < -0.3 is 15.1 Å². The van der Waals surface area contributed by atoms with Crippen LogP contribution in [0.1, 0.15) is 19.4 Å². The first kappa shape index (κ1) is 9.71. The number of benzene rings is 1. The van der Waals surface area contributed by atoms with Crippen LogP contribution in [-0.2, 0) is 4.79 Å². The second-order valence-corrected chi connectivity index (χ2v) is 3.65. The summed E-state index contributed by atoms with van der Waals surface area (Å²) in [6, 6.07) is 5.71. The highest BCUT2D eigenvalue weighted by atomic mass is 16.1. The van der Waals surface area contributed by atoms with Crippen molar-refractivity contribution in [2.75, 3.05) is 5.73 Å². The maximum absolute atomic E-state index is 10.5. The number of rotatable bonds is 3. The van der Waals surface area contributed by atoms with Gasteiger partial charge in [-0.3, -0.25) is 0 Å². The van der Waals surface area contributed by atoms with Crippen molar-refractivity contribution in [1.82, 2.24) is 9.55 Å². The molecule has 0 saturated heterocycles. The van der Waals surface area contributed by atoms with Gasteiger partial charge in [0.15, 0.2) is 0 Å². The maximum Gasteiger partial charge on any atom is 0.122 e. The Kier molecular flexibility index (Phi) is 2.41. The Morgan fingerprint density at radius 2 is 2.40 bits per heavy atom. The van der Waals surface area contributed by atoms with Gasteiger partial charge in [0.2, 0.25) is 0 Å². The first-order valence-electron chi connectivity index (χ1n) is 4.88. The molecular formula is C11H13N3O. The van der Waals surface area contributed by atoms with Crippen LogP contribution in [0, 0.1) is 0 Å². The lowest BCUT2D eigenvalue weighted by atomic mass is 10.2. The molecule has 0 amide bonds. The molecule has 0 aliphatic heterocycles. The molecule has 78 valence electrons. The van der Waals surface area contributed by atoms with Crippen molar-refractivity contribution in [2.45, 2.75) is 19.4 Å². The van der Waals surface area contributed by atoms with Gasteiger partial charge in [-0.15, -0.1) is 0 Å². The van der Waals surface area contributed by atoms with Gasteiger partial charge in [0.25, 0.3) is 0 Å². The van der Waals surface area contributed by atoms with Crippen LogP contribution >= 0.6 is 0 Å². The second-order valence-electron chi connectivity index (χ2n) is 3.65. The van der Waals surface area contributed by atoms with E-state index >= 15 is 0 Å². The van der Waals surface area contributed by atoms with E-state index in [0.29, 0.717) is 12.1 Å². The minimum absolute atomic E-state index is 0.120. The number of carbonyl (C=O) groups is 1. The lowest BCUT2D eigenvalue weighted by Crippen LogP contribution is -2.04. The third-order valence-corrected chi connectivity index (χ3v) is 2.51. The summed E-state index contributed by atoms with van der Waals surface area (Å²) in [5.41, 5.74) is 8.31. The molecule has 4 nitrogen and oxygen atoms in total. The Labute approximate surface area is 87.7 Å². The van der Waals surface area contributed by atoms with E-state index in [1.165, 1.54) is 0 Å². The van der Waals surface area contributed by atoms with Crippen LogP contribution in [0.25, 0.3) is 11.0 Å². The van der Waals surface area contributed by atoms with Crippen molar-refractivity contribution in [2.24, 2.45) is 0 Å². The number of nitrogen functional groups attached to an aromatic ring is 1. The highest BCUT2D eigenvalue weighted by Crippen LogP contribution is 2.21. The topological polar surface area (TPSA) is 60.9 Å². The van der Waals surface area contributed by atoms with E-state index in [-0.39, 0.29) is 6.04 Å². The molecule has 0 fully saturated rings. The zero-order valence-corrected chi connectivity index (χ0v) is 8.55. The summed E-state index contributed by atoms with van der Waals surface area (Å²) in [6.45, 7) is 1.98. The van der Waals surface area contributed by atoms with E-state index in [0.717, 1.165) is 17.3 Å². The van der Waals surface area contributed by atoms with Crippen LogP contribution in [0.5, 0.6) is 0 Å². The number of anilines is 1. The quantitative estimate of drug-likeness (QED) is 0.610. The summed E-state index contributed by atoms with van der Waals surface area (Å²) < 4.78 is 1.97.